The first-order chi connectivity index (χ1) is 12.4. The van der Waals surface area contributed by atoms with Crippen LogP contribution in [0.1, 0.15) is 11.1 Å². The summed E-state index contributed by atoms with van der Waals surface area (Å²) in [6.45, 7) is 3.02. The molecule has 0 unspecified atom stereocenters. The standard InChI is InChI=1S/C18H15BrF3N3O/c19-15-12(18(20,21)22)5-6-14-16(15)24-17(25-9-7-23-8-10-25)11-3-1-2-4-13(11)26-14/h1-6,23H,7-10H2. The van der Waals surface area contributed by atoms with Gasteiger partial charge in [-0.1, -0.05) is 12.1 Å². The number of aliphatic imine (C=N–C) groups is 1. The fourth-order valence-corrected chi connectivity index (χ4v) is 3.74. The number of para-hydroxylation sites is 1. The Morgan fingerprint density at radius 3 is 2.50 bits per heavy atom. The van der Waals surface area contributed by atoms with Gasteiger partial charge in [-0.15, -0.1) is 0 Å². The zero-order chi connectivity index (χ0) is 18.3. The number of hydrogen-bond acceptors (Lipinski definition) is 4. The first-order valence-electron chi connectivity index (χ1n) is 8.16. The summed E-state index contributed by atoms with van der Waals surface area (Å²) in [5, 5.41) is 3.27. The van der Waals surface area contributed by atoms with E-state index in [2.05, 4.69) is 31.1 Å². The Morgan fingerprint density at radius 2 is 1.77 bits per heavy atom. The third-order valence-electron chi connectivity index (χ3n) is 4.37. The third kappa shape index (κ3) is 3.07. The Bertz CT molecular complexity index is 876. The van der Waals surface area contributed by atoms with Gasteiger partial charge in [-0.3, -0.25) is 0 Å². The molecule has 0 saturated carbocycles. The molecule has 0 radical (unpaired) electrons. The maximum Gasteiger partial charge on any atom is 0.417 e. The van der Waals surface area contributed by atoms with Crippen LogP contribution < -0.4 is 10.1 Å². The van der Waals surface area contributed by atoms with Gasteiger partial charge in [-0.2, -0.15) is 13.2 Å². The Labute approximate surface area is 156 Å². The highest BCUT2D eigenvalue weighted by molar-refractivity contribution is 9.10. The quantitative estimate of drug-likeness (QED) is 0.672. The van der Waals surface area contributed by atoms with Crippen molar-refractivity contribution in [2.45, 2.75) is 6.18 Å². The Hall–Kier alpha value is -2.06. The molecule has 2 aromatic carbocycles. The highest BCUT2D eigenvalue weighted by Gasteiger charge is 2.36. The van der Waals surface area contributed by atoms with Crippen molar-refractivity contribution >= 4 is 27.5 Å². The van der Waals surface area contributed by atoms with E-state index in [0.29, 0.717) is 17.3 Å². The summed E-state index contributed by atoms with van der Waals surface area (Å²) >= 11 is 3.10. The lowest BCUT2D eigenvalue weighted by Gasteiger charge is -2.30. The topological polar surface area (TPSA) is 36.9 Å². The monoisotopic (exact) mass is 425 g/mol. The molecule has 0 atom stereocenters. The van der Waals surface area contributed by atoms with Gasteiger partial charge in [0, 0.05) is 26.2 Å². The first-order valence-corrected chi connectivity index (χ1v) is 8.96. The molecule has 136 valence electrons. The number of ether oxygens (including phenoxy) is 1. The number of halogens is 4. The van der Waals surface area contributed by atoms with E-state index in [0.717, 1.165) is 37.8 Å². The summed E-state index contributed by atoms with van der Waals surface area (Å²) in [6, 6.07) is 9.71. The normalized spacial score (nSPS) is 16.9. The number of rotatable bonds is 0. The summed E-state index contributed by atoms with van der Waals surface area (Å²) in [5.41, 5.74) is 0.157. The summed E-state index contributed by atoms with van der Waals surface area (Å²) in [4.78, 5) is 6.69. The predicted molar refractivity (Wildman–Crippen MR) is 96.3 cm³/mol. The fourth-order valence-electron chi connectivity index (χ4n) is 3.09. The molecule has 2 aromatic rings. The van der Waals surface area contributed by atoms with Crippen LogP contribution in [0.3, 0.4) is 0 Å². The van der Waals surface area contributed by atoms with E-state index in [4.69, 9.17) is 4.74 Å². The van der Waals surface area contributed by atoms with Gasteiger partial charge in [-0.05, 0) is 40.2 Å². The van der Waals surface area contributed by atoms with Gasteiger partial charge in [0.15, 0.2) is 5.75 Å². The van der Waals surface area contributed by atoms with Crippen molar-refractivity contribution in [1.29, 1.82) is 0 Å². The number of nitrogens with zero attached hydrogens (tertiary/aromatic N) is 2. The molecular formula is C18H15BrF3N3O. The first kappa shape index (κ1) is 17.4. The predicted octanol–water partition coefficient (Wildman–Crippen LogP) is 4.56. The minimum atomic E-state index is -4.47. The molecule has 0 spiro atoms. The summed E-state index contributed by atoms with van der Waals surface area (Å²) < 4.78 is 45.7. The van der Waals surface area contributed by atoms with E-state index in [1.54, 1.807) is 6.07 Å². The Morgan fingerprint density at radius 1 is 1.04 bits per heavy atom. The number of fused-ring (bicyclic) bond motifs is 2. The third-order valence-corrected chi connectivity index (χ3v) is 5.17. The van der Waals surface area contributed by atoms with E-state index in [1.807, 2.05) is 18.2 Å². The van der Waals surface area contributed by atoms with Gasteiger partial charge < -0.3 is 15.0 Å². The molecule has 2 heterocycles. The van der Waals surface area contributed by atoms with Crippen LogP contribution in [-0.4, -0.2) is 36.9 Å². The molecule has 2 aliphatic rings. The van der Waals surface area contributed by atoms with Gasteiger partial charge >= 0.3 is 6.18 Å². The van der Waals surface area contributed by atoms with Crippen LogP contribution in [0, 0.1) is 0 Å². The van der Waals surface area contributed by atoms with Crippen molar-refractivity contribution in [3.63, 3.8) is 0 Å². The van der Waals surface area contributed by atoms with Crippen LogP contribution in [0.25, 0.3) is 0 Å². The second-order valence-electron chi connectivity index (χ2n) is 6.04. The number of alkyl halides is 3. The van der Waals surface area contributed by atoms with Crippen molar-refractivity contribution in [1.82, 2.24) is 10.2 Å². The van der Waals surface area contributed by atoms with Crippen LogP contribution in [0.2, 0.25) is 0 Å². The molecule has 1 fully saturated rings. The maximum atomic E-state index is 13.3. The number of amidine groups is 1. The largest absolute Gasteiger partial charge is 0.454 e. The number of benzene rings is 2. The molecule has 2 aliphatic heterocycles. The molecule has 0 amide bonds. The van der Waals surface area contributed by atoms with Crippen LogP contribution in [-0.2, 0) is 6.18 Å². The molecule has 8 heteroatoms. The second-order valence-corrected chi connectivity index (χ2v) is 6.84. The van der Waals surface area contributed by atoms with Crippen molar-refractivity contribution in [2.75, 3.05) is 26.2 Å². The zero-order valence-electron chi connectivity index (χ0n) is 13.6. The van der Waals surface area contributed by atoms with E-state index in [-0.39, 0.29) is 10.2 Å². The Kier molecular flexibility index (Phi) is 4.40. The average molecular weight is 426 g/mol. The molecule has 26 heavy (non-hydrogen) atoms. The van der Waals surface area contributed by atoms with Crippen molar-refractivity contribution < 1.29 is 17.9 Å². The number of nitrogens with one attached hydrogen (secondary N) is 1. The van der Waals surface area contributed by atoms with Crippen LogP contribution in [0.5, 0.6) is 11.5 Å². The minimum Gasteiger partial charge on any atom is -0.454 e. The summed E-state index contributed by atoms with van der Waals surface area (Å²) in [6.07, 6.45) is -4.47. The Balaban J connectivity index is 1.92. The van der Waals surface area contributed by atoms with Gasteiger partial charge in [-0.25, -0.2) is 4.99 Å². The van der Waals surface area contributed by atoms with E-state index in [1.165, 1.54) is 6.07 Å². The molecule has 0 aliphatic carbocycles. The smallest absolute Gasteiger partial charge is 0.417 e. The molecule has 0 aromatic heterocycles. The van der Waals surface area contributed by atoms with E-state index >= 15 is 0 Å². The van der Waals surface area contributed by atoms with Gasteiger partial charge in [0.25, 0.3) is 0 Å². The lowest BCUT2D eigenvalue weighted by Crippen LogP contribution is -2.46. The molecule has 0 bridgehead atoms. The maximum absolute atomic E-state index is 13.3. The fraction of sp³-hybridized carbons (Fsp3) is 0.278. The zero-order valence-corrected chi connectivity index (χ0v) is 15.2. The molecule has 4 rings (SSSR count). The highest BCUT2D eigenvalue weighted by Crippen LogP contribution is 2.47. The van der Waals surface area contributed by atoms with Gasteiger partial charge in [0.1, 0.15) is 17.3 Å². The SMILES string of the molecule is FC(F)(F)c1ccc2c(c1Br)N=C(N1CCNCC1)c1ccccc1O2. The van der Waals surface area contributed by atoms with Crippen LogP contribution >= 0.6 is 15.9 Å². The molecular weight excluding hydrogens is 411 g/mol. The van der Waals surface area contributed by atoms with E-state index < -0.39 is 11.7 Å². The lowest BCUT2D eigenvalue weighted by molar-refractivity contribution is -0.138. The van der Waals surface area contributed by atoms with Crippen LogP contribution in [0.15, 0.2) is 45.9 Å². The average Bonchev–Trinajstić information content (AvgIpc) is 2.79. The second kappa shape index (κ2) is 6.59. The van der Waals surface area contributed by atoms with Crippen molar-refractivity contribution in [3.05, 3.63) is 52.0 Å². The van der Waals surface area contributed by atoms with Gasteiger partial charge in [0.05, 0.1) is 15.6 Å². The summed E-state index contributed by atoms with van der Waals surface area (Å²) in [5.74, 6) is 1.50. The van der Waals surface area contributed by atoms with Crippen molar-refractivity contribution in [2.24, 2.45) is 4.99 Å². The molecule has 1 N–H and O–H groups in total. The number of hydrogen-bond donors (Lipinski definition) is 1. The van der Waals surface area contributed by atoms with E-state index in [9.17, 15) is 13.2 Å². The van der Waals surface area contributed by atoms with Gasteiger partial charge in [0.2, 0.25) is 0 Å². The highest BCUT2D eigenvalue weighted by atomic mass is 79.9. The lowest BCUT2D eigenvalue weighted by atomic mass is 10.1. The number of piperazine rings is 1. The minimum absolute atomic E-state index is 0.108. The molecule has 1 saturated heterocycles. The summed E-state index contributed by atoms with van der Waals surface area (Å²) in [7, 11) is 0. The molecule has 4 nitrogen and oxygen atoms in total. The van der Waals surface area contributed by atoms with Crippen LogP contribution in [0.4, 0.5) is 18.9 Å². The van der Waals surface area contributed by atoms with Crippen molar-refractivity contribution in [3.8, 4) is 11.5 Å².